The number of ether oxygens (including phenoxy) is 2. The van der Waals surface area contributed by atoms with E-state index in [0.29, 0.717) is 5.56 Å². The van der Waals surface area contributed by atoms with Gasteiger partial charge in [-0.2, -0.15) is 0 Å². The van der Waals surface area contributed by atoms with Crippen molar-refractivity contribution < 1.29 is 18.7 Å². The van der Waals surface area contributed by atoms with E-state index in [-0.39, 0.29) is 19.0 Å². The second kappa shape index (κ2) is 8.39. The number of amides is 1. The molecular formula is C17H15FN2O3. The number of nitrogens with zero attached hydrogens (tertiary/aromatic N) is 1. The molecule has 1 amide bonds. The molecular weight excluding hydrogens is 299 g/mol. The van der Waals surface area contributed by atoms with Gasteiger partial charge in [0.05, 0.1) is 25.4 Å². The molecule has 0 unspecified atom stereocenters. The number of halogens is 1. The van der Waals surface area contributed by atoms with Crippen molar-refractivity contribution in [2.75, 3.05) is 13.7 Å². The van der Waals surface area contributed by atoms with E-state index in [4.69, 9.17) is 9.47 Å². The maximum absolute atomic E-state index is 13.1. The van der Waals surface area contributed by atoms with Gasteiger partial charge in [-0.05, 0) is 11.6 Å². The van der Waals surface area contributed by atoms with E-state index in [1.807, 2.05) is 30.3 Å². The van der Waals surface area contributed by atoms with Gasteiger partial charge in [0.1, 0.15) is 12.4 Å². The number of hydrogen-bond donors (Lipinski definition) is 1. The Hall–Kier alpha value is -3.07. The molecule has 0 atom stereocenters. The number of hydrogen-bond acceptors (Lipinski definition) is 4. The third kappa shape index (κ3) is 5.32. The summed E-state index contributed by atoms with van der Waals surface area (Å²) in [5, 5.41) is 2.49. The topological polar surface area (TPSA) is 60.5 Å². The Bertz CT molecular complexity index is 724. The predicted molar refractivity (Wildman–Crippen MR) is 82.3 cm³/mol. The molecule has 5 nitrogen and oxygen atoms in total. The van der Waals surface area contributed by atoms with Gasteiger partial charge in [0.15, 0.2) is 0 Å². The molecule has 0 aliphatic heterocycles. The number of pyridine rings is 1. The third-order valence-electron chi connectivity index (χ3n) is 2.77. The molecule has 0 bridgehead atoms. The molecule has 0 saturated carbocycles. The van der Waals surface area contributed by atoms with Gasteiger partial charge in [-0.1, -0.05) is 42.2 Å². The van der Waals surface area contributed by atoms with Gasteiger partial charge in [-0.3, -0.25) is 0 Å². The molecule has 0 saturated heterocycles. The van der Waals surface area contributed by atoms with Crippen LogP contribution in [-0.4, -0.2) is 24.7 Å². The predicted octanol–water partition coefficient (Wildman–Crippen LogP) is 2.51. The van der Waals surface area contributed by atoms with Crippen LogP contribution in [0.25, 0.3) is 0 Å². The van der Waals surface area contributed by atoms with Gasteiger partial charge < -0.3 is 14.8 Å². The highest BCUT2D eigenvalue weighted by Gasteiger charge is 2.03. The maximum Gasteiger partial charge on any atom is 0.408 e. The number of rotatable bonds is 4. The van der Waals surface area contributed by atoms with Crippen molar-refractivity contribution in [3.05, 3.63) is 59.5 Å². The highest BCUT2D eigenvalue weighted by molar-refractivity contribution is 5.67. The van der Waals surface area contributed by atoms with E-state index >= 15 is 0 Å². The van der Waals surface area contributed by atoms with Gasteiger partial charge in [0.25, 0.3) is 0 Å². The summed E-state index contributed by atoms with van der Waals surface area (Å²) in [5.41, 5.74) is 1.20. The summed E-state index contributed by atoms with van der Waals surface area (Å²) < 4.78 is 23.1. The molecule has 0 aliphatic rings. The SMILES string of the molecule is COc1ncc(F)cc1C#CCNC(=O)OCc1ccccc1. The van der Waals surface area contributed by atoms with Crippen LogP contribution in [0.1, 0.15) is 11.1 Å². The molecule has 23 heavy (non-hydrogen) atoms. The van der Waals surface area contributed by atoms with Gasteiger partial charge in [-0.25, -0.2) is 14.2 Å². The Labute approximate surface area is 133 Å². The number of nitrogens with one attached hydrogen (secondary N) is 1. The third-order valence-corrected chi connectivity index (χ3v) is 2.77. The number of alkyl carbamates (subject to hydrolysis) is 1. The highest BCUT2D eigenvalue weighted by atomic mass is 19.1. The molecule has 1 aromatic carbocycles. The van der Waals surface area contributed by atoms with Crippen molar-refractivity contribution in [3.63, 3.8) is 0 Å². The standard InChI is InChI=1S/C17H15FN2O3/c1-22-16-14(10-15(18)11-20-16)8-5-9-19-17(21)23-12-13-6-3-2-4-7-13/h2-4,6-7,10-11H,9,12H2,1H3,(H,19,21). The zero-order chi connectivity index (χ0) is 16.5. The second-order valence-corrected chi connectivity index (χ2v) is 4.43. The van der Waals surface area contributed by atoms with Crippen LogP contribution < -0.4 is 10.1 Å². The highest BCUT2D eigenvalue weighted by Crippen LogP contribution is 2.13. The average Bonchev–Trinajstić information content (AvgIpc) is 2.58. The fraction of sp³-hybridized carbons (Fsp3) is 0.176. The van der Waals surface area contributed by atoms with Crippen LogP contribution in [0.4, 0.5) is 9.18 Å². The fourth-order valence-electron chi connectivity index (χ4n) is 1.71. The first-order chi connectivity index (χ1) is 11.2. The number of methoxy groups -OCH3 is 1. The fourth-order valence-corrected chi connectivity index (χ4v) is 1.71. The molecule has 1 N–H and O–H groups in total. The van der Waals surface area contributed by atoms with E-state index in [0.717, 1.165) is 11.8 Å². The lowest BCUT2D eigenvalue weighted by Gasteiger charge is -2.04. The van der Waals surface area contributed by atoms with Crippen LogP contribution in [0.3, 0.4) is 0 Å². The van der Waals surface area contributed by atoms with Gasteiger partial charge in [0.2, 0.25) is 5.88 Å². The van der Waals surface area contributed by atoms with Crippen LogP contribution >= 0.6 is 0 Å². The lowest BCUT2D eigenvalue weighted by Crippen LogP contribution is -2.24. The van der Waals surface area contributed by atoms with Crippen molar-refractivity contribution >= 4 is 6.09 Å². The lowest BCUT2D eigenvalue weighted by atomic mass is 10.2. The molecule has 0 aliphatic carbocycles. The molecule has 0 spiro atoms. The summed E-state index contributed by atoms with van der Waals surface area (Å²) in [7, 11) is 1.42. The van der Waals surface area contributed by atoms with Crippen molar-refractivity contribution in [1.29, 1.82) is 0 Å². The number of benzene rings is 1. The number of carbonyl (C=O) groups excluding carboxylic acids is 1. The van der Waals surface area contributed by atoms with Crippen molar-refractivity contribution in [3.8, 4) is 17.7 Å². The second-order valence-electron chi connectivity index (χ2n) is 4.43. The summed E-state index contributed by atoms with van der Waals surface area (Å²) >= 11 is 0. The Balaban J connectivity index is 1.81. The van der Waals surface area contributed by atoms with Crippen LogP contribution in [0, 0.1) is 17.7 Å². The number of aromatic nitrogens is 1. The average molecular weight is 314 g/mol. The molecule has 6 heteroatoms. The first-order valence-corrected chi connectivity index (χ1v) is 6.82. The van der Waals surface area contributed by atoms with Gasteiger partial charge >= 0.3 is 6.09 Å². The summed E-state index contributed by atoms with van der Waals surface area (Å²) in [6.07, 6.45) is 0.468. The Morgan fingerprint density at radius 1 is 1.35 bits per heavy atom. The summed E-state index contributed by atoms with van der Waals surface area (Å²) in [6.45, 7) is 0.245. The van der Waals surface area contributed by atoms with E-state index in [1.54, 1.807) is 0 Å². The lowest BCUT2D eigenvalue weighted by molar-refractivity contribution is 0.141. The molecule has 0 radical (unpaired) electrons. The minimum Gasteiger partial charge on any atom is -0.480 e. The maximum atomic E-state index is 13.1. The van der Waals surface area contributed by atoms with E-state index in [1.165, 1.54) is 13.2 Å². The Morgan fingerprint density at radius 2 is 2.13 bits per heavy atom. The van der Waals surface area contributed by atoms with Crippen molar-refractivity contribution in [1.82, 2.24) is 10.3 Å². The number of carbonyl (C=O) groups is 1. The Kier molecular flexibility index (Phi) is 5.95. The quantitative estimate of drug-likeness (QED) is 0.881. The molecule has 2 rings (SSSR count). The summed E-state index contributed by atoms with van der Waals surface area (Å²) in [4.78, 5) is 15.3. The zero-order valence-corrected chi connectivity index (χ0v) is 12.5. The van der Waals surface area contributed by atoms with Crippen LogP contribution in [0.15, 0.2) is 42.6 Å². The normalized spacial score (nSPS) is 9.48. The molecule has 2 aromatic rings. The van der Waals surface area contributed by atoms with Crippen LogP contribution in [-0.2, 0) is 11.3 Å². The van der Waals surface area contributed by atoms with E-state index in [9.17, 15) is 9.18 Å². The van der Waals surface area contributed by atoms with Gasteiger partial charge in [0, 0.05) is 0 Å². The van der Waals surface area contributed by atoms with Crippen molar-refractivity contribution in [2.24, 2.45) is 0 Å². The first-order valence-electron chi connectivity index (χ1n) is 6.82. The zero-order valence-electron chi connectivity index (χ0n) is 12.5. The largest absolute Gasteiger partial charge is 0.480 e. The van der Waals surface area contributed by atoms with E-state index in [2.05, 4.69) is 22.1 Å². The van der Waals surface area contributed by atoms with Crippen LogP contribution in [0.5, 0.6) is 5.88 Å². The Morgan fingerprint density at radius 3 is 2.87 bits per heavy atom. The minimum absolute atomic E-state index is 0.0628. The van der Waals surface area contributed by atoms with Gasteiger partial charge in [-0.15, -0.1) is 0 Å². The van der Waals surface area contributed by atoms with Crippen LogP contribution in [0.2, 0.25) is 0 Å². The molecule has 1 aromatic heterocycles. The van der Waals surface area contributed by atoms with E-state index < -0.39 is 11.9 Å². The first kappa shape index (κ1) is 16.3. The summed E-state index contributed by atoms with van der Waals surface area (Å²) in [5.74, 6) is 5.09. The van der Waals surface area contributed by atoms with Crippen molar-refractivity contribution in [2.45, 2.75) is 6.61 Å². The molecule has 118 valence electrons. The minimum atomic E-state index is -0.576. The molecule has 1 heterocycles. The molecule has 0 fully saturated rings. The summed E-state index contributed by atoms with van der Waals surface area (Å²) in [6, 6.07) is 10.5. The monoisotopic (exact) mass is 314 g/mol. The smallest absolute Gasteiger partial charge is 0.408 e.